The van der Waals surface area contributed by atoms with Crippen molar-refractivity contribution in [3.8, 4) is 0 Å². The fourth-order valence-corrected chi connectivity index (χ4v) is 9.18. The summed E-state index contributed by atoms with van der Waals surface area (Å²) in [5.41, 5.74) is 1.63. The topological polar surface area (TPSA) is 178 Å². The molecular weight excluding hydrogens is 715 g/mol. The lowest BCUT2D eigenvalue weighted by atomic mass is 10.1. The van der Waals surface area contributed by atoms with Crippen LogP contribution in [0.15, 0.2) is 91.1 Å². The monoisotopic (exact) mass is 741 g/mol. The van der Waals surface area contributed by atoms with E-state index in [9.17, 15) is 30.3 Å². The minimum Gasteiger partial charge on any atom is -0.299 e. The Hall–Kier alpha value is -5.85. The summed E-state index contributed by atoms with van der Waals surface area (Å²) >= 11 is 3.93. The van der Waals surface area contributed by atoms with Crippen LogP contribution in [0.2, 0.25) is 0 Å². The summed E-state index contributed by atoms with van der Waals surface area (Å²) in [6, 6.07) is 13.7. The Bertz CT molecular complexity index is 2160. The van der Waals surface area contributed by atoms with Crippen LogP contribution in [-0.2, 0) is 0 Å². The molecule has 15 nitrogen and oxygen atoms in total. The molecule has 0 atom stereocenters. The summed E-state index contributed by atoms with van der Waals surface area (Å²) in [5, 5.41) is 36.6. The van der Waals surface area contributed by atoms with Crippen LogP contribution in [0, 0.1) is 30.3 Å². The number of nitro groups is 3. The number of anilines is 3. The lowest BCUT2D eigenvalue weighted by Gasteiger charge is -2.55. The number of rotatable bonds is 9. The van der Waals surface area contributed by atoms with Crippen molar-refractivity contribution in [2.45, 2.75) is 39.3 Å². The number of allylic oxidation sites excluding steroid dienone is 3. The number of non-ortho nitro benzene ring substituents is 3. The number of hydrogen-bond donors (Lipinski definition) is 0. The molecular formula is C33H27N9O6S3. The van der Waals surface area contributed by atoms with Crippen LogP contribution >= 0.6 is 34.0 Å². The molecule has 1 saturated heterocycles. The summed E-state index contributed by atoms with van der Waals surface area (Å²) < 4.78 is 1.89. The summed E-state index contributed by atoms with van der Waals surface area (Å²) in [6.07, 6.45) is 10.2. The fourth-order valence-electron chi connectivity index (χ4n) is 6.00. The molecule has 0 bridgehead atoms. The van der Waals surface area contributed by atoms with Crippen LogP contribution in [0.25, 0.3) is 30.6 Å². The van der Waals surface area contributed by atoms with Crippen molar-refractivity contribution in [2.75, 3.05) is 14.7 Å². The van der Waals surface area contributed by atoms with Gasteiger partial charge < -0.3 is 0 Å². The van der Waals surface area contributed by atoms with Gasteiger partial charge in [-0.25, -0.2) is 15.0 Å². The van der Waals surface area contributed by atoms with Gasteiger partial charge in [0.1, 0.15) is 18.5 Å². The molecule has 7 rings (SSSR count). The van der Waals surface area contributed by atoms with Crippen molar-refractivity contribution in [3.63, 3.8) is 0 Å². The molecule has 6 aromatic rings. The highest BCUT2D eigenvalue weighted by Gasteiger charge is 2.47. The zero-order valence-electron chi connectivity index (χ0n) is 27.1. The highest BCUT2D eigenvalue weighted by molar-refractivity contribution is 7.23. The van der Waals surface area contributed by atoms with Crippen LogP contribution in [-0.4, -0.2) is 48.2 Å². The Labute approximate surface area is 301 Å². The quantitative estimate of drug-likeness (QED) is 0.0782. The molecule has 1 aliphatic heterocycles. The fraction of sp³-hybridized carbons (Fsp3) is 0.182. The molecule has 0 radical (unpaired) electrons. The molecule has 51 heavy (non-hydrogen) atoms. The predicted molar refractivity (Wildman–Crippen MR) is 202 cm³/mol. The summed E-state index contributed by atoms with van der Waals surface area (Å²) in [7, 11) is 0. The summed E-state index contributed by atoms with van der Waals surface area (Å²) in [4.78, 5) is 54.8. The number of thiazole rings is 3. The van der Waals surface area contributed by atoms with E-state index in [0.717, 1.165) is 0 Å². The molecule has 3 aromatic carbocycles. The molecule has 4 heterocycles. The Kier molecular flexibility index (Phi) is 8.88. The van der Waals surface area contributed by atoms with E-state index in [-0.39, 0.29) is 17.1 Å². The molecule has 1 aliphatic rings. The van der Waals surface area contributed by atoms with E-state index in [1.807, 2.05) is 57.2 Å². The maximum atomic E-state index is 11.6. The van der Waals surface area contributed by atoms with E-state index in [1.54, 1.807) is 18.2 Å². The third-order valence-electron chi connectivity index (χ3n) is 8.18. The van der Waals surface area contributed by atoms with E-state index >= 15 is 0 Å². The molecule has 0 unspecified atom stereocenters. The highest BCUT2D eigenvalue weighted by atomic mass is 32.1. The van der Waals surface area contributed by atoms with E-state index < -0.39 is 33.3 Å². The number of aromatic nitrogens is 3. The SMILES string of the molecule is C/C=C/C1N(c2nc3ccc([N+](=O)[O-])cc3s2)C(/C=C/C)N(c2nc3ccc([N+](=O)[O-])cc3s2)C(/C=C/C)N1c1nc2ccc([N+](=O)[O-])cc2s1. The van der Waals surface area contributed by atoms with Gasteiger partial charge in [-0.1, -0.05) is 52.2 Å². The van der Waals surface area contributed by atoms with E-state index in [2.05, 4.69) is 14.7 Å². The van der Waals surface area contributed by atoms with Gasteiger partial charge in [-0.2, -0.15) is 0 Å². The third-order valence-corrected chi connectivity index (χ3v) is 11.3. The van der Waals surface area contributed by atoms with Crippen molar-refractivity contribution in [1.29, 1.82) is 0 Å². The Morgan fingerprint density at radius 3 is 1.04 bits per heavy atom. The van der Waals surface area contributed by atoms with Gasteiger partial charge in [0.05, 0.1) is 45.4 Å². The highest BCUT2D eigenvalue weighted by Crippen LogP contribution is 2.45. The molecule has 0 N–H and O–H groups in total. The molecule has 0 spiro atoms. The van der Waals surface area contributed by atoms with Gasteiger partial charge in [0.2, 0.25) is 0 Å². The van der Waals surface area contributed by atoms with Crippen molar-refractivity contribution >= 4 is 97.1 Å². The third kappa shape index (κ3) is 6.02. The van der Waals surface area contributed by atoms with E-state index in [4.69, 9.17) is 15.0 Å². The van der Waals surface area contributed by atoms with Crippen LogP contribution in [0.4, 0.5) is 32.5 Å². The second kappa shape index (κ2) is 13.5. The zero-order chi connectivity index (χ0) is 36.0. The molecule has 3 aromatic heterocycles. The second-order valence-electron chi connectivity index (χ2n) is 11.3. The summed E-state index contributed by atoms with van der Waals surface area (Å²) in [6.45, 7) is 5.71. The van der Waals surface area contributed by atoms with Crippen LogP contribution in [0.1, 0.15) is 20.8 Å². The van der Waals surface area contributed by atoms with Gasteiger partial charge in [-0.3, -0.25) is 45.0 Å². The number of fused-ring (bicyclic) bond motifs is 3. The first-order chi connectivity index (χ1) is 24.6. The van der Waals surface area contributed by atoms with Gasteiger partial charge in [0.15, 0.2) is 15.4 Å². The molecule has 18 heteroatoms. The first-order valence-electron chi connectivity index (χ1n) is 15.5. The standard InChI is InChI=1S/C33H27N9O6S3/c1-4-7-28-37(31-34-22-13-10-19(40(43)44)16-25(22)49-31)29(8-5-2)39(33-36-24-15-12-21(42(47)48)18-27(24)51-33)30(9-6-3)38(28)32-35-23-14-11-20(41(45)46)17-26(23)50-32/h4-18,28-30H,1-3H3/b7-4+,8-5+,9-6+. The Morgan fingerprint density at radius 1 is 0.529 bits per heavy atom. The minimum atomic E-state index is -0.532. The Balaban J connectivity index is 1.50. The predicted octanol–water partition coefficient (Wildman–Crippen LogP) is 8.78. The normalized spacial score (nSPS) is 18.4. The summed E-state index contributed by atoms with van der Waals surface area (Å²) in [5.74, 6) is 0. The van der Waals surface area contributed by atoms with Crippen LogP contribution in [0.3, 0.4) is 0 Å². The van der Waals surface area contributed by atoms with Crippen molar-refractivity contribution in [2.24, 2.45) is 0 Å². The number of nitrogens with zero attached hydrogens (tertiary/aromatic N) is 9. The maximum Gasteiger partial charge on any atom is 0.270 e. The molecule has 0 amide bonds. The van der Waals surface area contributed by atoms with Crippen LogP contribution in [0.5, 0.6) is 0 Å². The average molecular weight is 742 g/mol. The Morgan fingerprint density at radius 2 is 0.804 bits per heavy atom. The van der Waals surface area contributed by atoms with Crippen LogP contribution < -0.4 is 14.7 Å². The molecule has 1 fully saturated rings. The smallest absolute Gasteiger partial charge is 0.270 e. The van der Waals surface area contributed by atoms with Gasteiger partial charge in [-0.05, 0) is 57.2 Å². The zero-order valence-corrected chi connectivity index (χ0v) is 29.5. The van der Waals surface area contributed by atoms with Gasteiger partial charge >= 0.3 is 0 Å². The van der Waals surface area contributed by atoms with Crippen molar-refractivity contribution in [1.82, 2.24) is 15.0 Å². The van der Waals surface area contributed by atoms with Crippen molar-refractivity contribution < 1.29 is 14.8 Å². The van der Waals surface area contributed by atoms with Gasteiger partial charge in [0.25, 0.3) is 17.1 Å². The minimum absolute atomic E-state index is 0.0464. The van der Waals surface area contributed by atoms with Crippen molar-refractivity contribution in [3.05, 3.63) is 121 Å². The van der Waals surface area contributed by atoms with E-state index in [1.165, 1.54) is 70.4 Å². The van der Waals surface area contributed by atoms with Gasteiger partial charge in [-0.15, -0.1) is 0 Å². The number of benzene rings is 3. The number of nitro benzene ring substituents is 3. The average Bonchev–Trinajstić information content (AvgIpc) is 3.84. The lowest BCUT2D eigenvalue weighted by molar-refractivity contribution is -0.384. The van der Waals surface area contributed by atoms with E-state index in [0.29, 0.717) is 46.0 Å². The van der Waals surface area contributed by atoms with Gasteiger partial charge in [0, 0.05) is 36.4 Å². The first kappa shape index (κ1) is 33.6. The second-order valence-corrected chi connectivity index (χ2v) is 14.3. The molecule has 0 aliphatic carbocycles. The molecule has 258 valence electrons. The first-order valence-corrected chi connectivity index (χ1v) is 17.9. The molecule has 0 saturated carbocycles. The number of hydrogen-bond acceptors (Lipinski definition) is 15. The maximum absolute atomic E-state index is 11.6. The lowest BCUT2D eigenvalue weighted by Crippen LogP contribution is -2.70. The largest absolute Gasteiger partial charge is 0.299 e.